The third-order valence-corrected chi connectivity index (χ3v) is 0.631. The Hall–Kier alpha value is -1.12. The summed E-state index contributed by atoms with van der Waals surface area (Å²) in [6, 6.07) is 0. The molecular weight excluding hydrogens is 118 g/mol. The highest BCUT2D eigenvalue weighted by Gasteiger charge is 1.88. The second-order valence-corrected chi connectivity index (χ2v) is 1.24. The average molecular weight is 127 g/mol. The SMILES string of the molecule is C=CC(=O)OCN=CC. The number of aliphatic imine (C=N–C) groups is 1. The van der Waals surface area contributed by atoms with Gasteiger partial charge in [0.15, 0.2) is 6.73 Å². The van der Waals surface area contributed by atoms with E-state index in [0.29, 0.717) is 0 Å². The number of hydrogen-bond donors (Lipinski definition) is 0. The van der Waals surface area contributed by atoms with Crippen LogP contribution in [0, 0.1) is 0 Å². The van der Waals surface area contributed by atoms with Crippen LogP contribution in [-0.4, -0.2) is 18.9 Å². The third kappa shape index (κ3) is 4.74. The fourth-order valence-corrected chi connectivity index (χ4v) is 0.234. The van der Waals surface area contributed by atoms with Gasteiger partial charge < -0.3 is 4.74 Å². The van der Waals surface area contributed by atoms with Crippen molar-refractivity contribution in [1.29, 1.82) is 0 Å². The van der Waals surface area contributed by atoms with E-state index in [1.54, 1.807) is 13.1 Å². The normalized spacial score (nSPS) is 9.44. The van der Waals surface area contributed by atoms with Crippen molar-refractivity contribution in [2.45, 2.75) is 6.92 Å². The van der Waals surface area contributed by atoms with Crippen LogP contribution in [0.3, 0.4) is 0 Å². The van der Waals surface area contributed by atoms with Crippen LogP contribution in [0.4, 0.5) is 0 Å². The van der Waals surface area contributed by atoms with E-state index in [-0.39, 0.29) is 6.73 Å². The van der Waals surface area contributed by atoms with Crippen molar-refractivity contribution >= 4 is 12.2 Å². The highest BCUT2D eigenvalue weighted by molar-refractivity contribution is 5.81. The molecule has 0 aromatic rings. The maximum atomic E-state index is 10.3. The Kier molecular flexibility index (Phi) is 4.40. The van der Waals surface area contributed by atoms with Crippen LogP contribution in [-0.2, 0) is 9.53 Å². The quantitative estimate of drug-likeness (QED) is 0.319. The van der Waals surface area contributed by atoms with Gasteiger partial charge in [-0.1, -0.05) is 6.58 Å². The first-order valence-corrected chi connectivity index (χ1v) is 2.55. The van der Waals surface area contributed by atoms with Gasteiger partial charge >= 0.3 is 5.97 Å². The van der Waals surface area contributed by atoms with Crippen LogP contribution in [0.1, 0.15) is 6.92 Å². The molecule has 3 heteroatoms. The highest BCUT2D eigenvalue weighted by Crippen LogP contribution is 1.77. The minimum Gasteiger partial charge on any atom is -0.439 e. The first-order chi connectivity index (χ1) is 4.31. The maximum absolute atomic E-state index is 10.3. The molecule has 0 bridgehead atoms. The minimum atomic E-state index is -0.444. The van der Waals surface area contributed by atoms with Crippen LogP contribution in [0.2, 0.25) is 0 Å². The fraction of sp³-hybridized carbons (Fsp3) is 0.333. The summed E-state index contributed by atoms with van der Waals surface area (Å²) >= 11 is 0. The smallest absolute Gasteiger partial charge is 0.331 e. The van der Waals surface area contributed by atoms with Crippen molar-refractivity contribution in [2.24, 2.45) is 4.99 Å². The van der Waals surface area contributed by atoms with Gasteiger partial charge in [-0.05, 0) is 13.1 Å². The molecule has 0 rings (SSSR count). The zero-order valence-corrected chi connectivity index (χ0v) is 5.33. The number of esters is 1. The molecule has 0 unspecified atom stereocenters. The summed E-state index contributed by atoms with van der Waals surface area (Å²) in [6.07, 6.45) is 2.67. The number of carbonyl (C=O) groups excluding carboxylic acids is 1. The van der Waals surface area contributed by atoms with Gasteiger partial charge in [-0.2, -0.15) is 0 Å². The lowest BCUT2D eigenvalue weighted by Gasteiger charge is -1.92. The predicted octanol–water partition coefficient (Wildman–Crippen LogP) is 0.764. The molecule has 0 N–H and O–H groups in total. The Bertz CT molecular complexity index is 129. The van der Waals surface area contributed by atoms with Crippen LogP contribution >= 0.6 is 0 Å². The lowest BCUT2D eigenvalue weighted by molar-refractivity contribution is -0.137. The number of rotatable bonds is 3. The summed E-state index contributed by atoms with van der Waals surface area (Å²) in [5.41, 5.74) is 0. The van der Waals surface area contributed by atoms with Crippen LogP contribution in [0.5, 0.6) is 0 Å². The summed E-state index contributed by atoms with van der Waals surface area (Å²) in [6.45, 7) is 5.05. The summed E-state index contributed by atoms with van der Waals surface area (Å²) in [4.78, 5) is 13.9. The largest absolute Gasteiger partial charge is 0.439 e. The topological polar surface area (TPSA) is 38.7 Å². The maximum Gasteiger partial charge on any atom is 0.331 e. The van der Waals surface area contributed by atoms with Gasteiger partial charge in [-0.3, -0.25) is 4.99 Å². The van der Waals surface area contributed by atoms with Gasteiger partial charge in [-0.25, -0.2) is 4.79 Å². The first kappa shape index (κ1) is 7.88. The molecular formula is C6H9NO2. The number of carbonyl (C=O) groups is 1. The summed E-state index contributed by atoms with van der Waals surface area (Å²) < 4.78 is 4.48. The van der Waals surface area contributed by atoms with Gasteiger partial charge in [0.05, 0.1) is 0 Å². The van der Waals surface area contributed by atoms with E-state index in [2.05, 4.69) is 16.3 Å². The highest BCUT2D eigenvalue weighted by atomic mass is 16.5. The molecule has 0 fully saturated rings. The van der Waals surface area contributed by atoms with Gasteiger partial charge in [0.1, 0.15) is 0 Å². The van der Waals surface area contributed by atoms with Gasteiger partial charge in [-0.15, -0.1) is 0 Å². The molecule has 50 valence electrons. The molecule has 0 atom stereocenters. The molecule has 0 aliphatic heterocycles. The lowest BCUT2D eigenvalue weighted by atomic mass is 10.7. The van der Waals surface area contributed by atoms with Crippen LogP contribution in [0.25, 0.3) is 0 Å². The van der Waals surface area contributed by atoms with E-state index in [9.17, 15) is 4.79 Å². The number of ether oxygens (including phenoxy) is 1. The molecule has 0 heterocycles. The molecule has 0 aliphatic rings. The van der Waals surface area contributed by atoms with Crippen LogP contribution < -0.4 is 0 Å². The monoisotopic (exact) mass is 127 g/mol. The van der Waals surface area contributed by atoms with Crippen molar-refractivity contribution in [2.75, 3.05) is 6.73 Å². The standard InChI is InChI=1S/C6H9NO2/c1-3-6(8)9-5-7-4-2/h3-4H,1,5H2,2H3. The molecule has 0 saturated heterocycles. The van der Waals surface area contributed by atoms with Gasteiger partial charge in [0.2, 0.25) is 0 Å². The van der Waals surface area contributed by atoms with Gasteiger partial charge in [0, 0.05) is 6.08 Å². The Morgan fingerprint density at radius 3 is 3.00 bits per heavy atom. The zero-order chi connectivity index (χ0) is 7.11. The third-order valence-electron chi connectivity index (χ3n) is 0.631. The molecule has 0 aliphatic carbocycles. The van der Waals surface area contributed by atoms with E-state index >= 15 is 0 Å². The second-order valence-electron chi connectivity index (χ2n) is 1.24. The molecule has 0 aromatic carbocycles. The number of nitrogens with zero attached hydrogens (tertiary/aromatic N) is 1. The predicted molar refractivity (Wildman–Crippen MR) is 35.3 cm³/mol. The van der Waals surface area contributed by atoms with Gasteiger partial charge in [0.25, 0.3) is 0 Å². The van der Waals surface area contributed by atoms with E-state index in [1.807, 2.05) is 0 Å². The molecule has 9 heavy (non-hydrogen) atoms. The van der Waals surface area contributed by atoms with Crippen molar-refractivity contribution < 1.29 is 9.53 Å². The Balaban J connectivity index is 3.27. The minimum absolute atomic E-state index is 0.0847. The van der Waals surface area contributed by atoms with E-state index in [1.165, 1.54) is 0 Å². The van der Waals surface area contributed by atoms with Crippen molar-refractivity contribution in [3.63, 3.8) is 0 Å². The molecule has 0 spiro atoms. The molecule has 0 amide bonds. The molecule has 0 aromatic heterocycles. The van der Waals surface area contributed by atoms with E-state index in [4.69, 9.17) is 0 Å². The Labute approximate surface area is 54.0 Å². The fourth-order valence-electron chi connectivity index (χ4n) is 0.234. The van der Waals surface area contributed by atoms with Crippen LogP contribution in [0.15, 0.2) is 17.6 Å². The van der Waals surface area contributed by atoms with E-state index in [0.717, 1.165) is 6.08 Å². The Morgan fingerprint density at radius 2 is 2.56 bits per heavy atom. The summed E-state index contributed by atoms with van der Waals surface area (Å²) in [5, 5.41) is 0. The molecule has 0 radical (unpaired) electrons. The van der Waals surface area contributed by atoms with Crippen molar-refractivity contribution in [3.8, 4) is 0 Å². The second kappa shape index (κ2) is 5.03. The lowest BCUT2D eigenvalue weighted by Crippen LogP contribution is -1.99. The summed E-state index contributed by atoms with van der Waals surface area (Å²) in [5.74, 6) is -0.444. The van der Waals surface area contributed by atoms with Crippen molar-refractivity contribution in [1.82, 2.24) is 0 Å². The Morgan fingerprint density at radius 1 is 1.89 bits per heavy atom. The van der Waals surface area contributed by atoms with Crippen molar-refractivity contribution in [3.05, 3.63) is 12.7 Å². The first-order valence-electron chi connectivity index (χ1n) is 2.55. The zero-order valence-electron chi connectivity index (χ0n) is 5.33. The summed E-state index contributed by atoms with van der Waals surface area (Å²) in [7, 11) is 0. The average Bonchev–Trinajstić information content (AvgIpc) is 1.89. The van der Waals surface area contributed by atoms with E-state index < -0.39 is 5.97 Å². The number of hydrogen-bond acceptors (Lipinski definition) is 3. The molecule has 3 nitrogen and oxygen atoms in total. The molecule has 0 saturated carbocycles.